The molecule has 0 aliphatic carbocycles. The van der Waals surface area contributed by atoms with Crippen molar-refractivity contribution in [1.29, 1.82) is 0 Å². The summed E-state index contributed by atoms with van der Waals surface area (Å²) in [7, 11) is 4.17. The van der Waals surface area contributed by atoms with Gasteiger partial charge in [-0.3, -0.25) is 4.79 Å². The molecule has 3 heteroatoms. The molecule has 0 unspecified atom stereocenters. The highest BCUT2D eigenvalue weighted by molar-refractivity contribution is 5.75. The standard InChI is InChI=1S/C18H38N2O/c1-4-5-6-7-8-9-10-11-12-15-18(21)19-16-13-14-17-20(2)3/h4-17H2,1-3H3,(H,19,21). The topological polar surface area (TPSA) is 32.3 Å². The summed E-state index contributed by atoms with van der Waals surface area (Å²) in [5.41, 5.74) is 0. The van der Waals surface area contributed by atoms with Crippen LogP contribution >= 0.6 is 0 Å². The maximum absolute atomic E-state index is 11.6. The molecule has 0 saturated heterocycles. The smallest absolute Gasteiger partial charge is 0.219 e. The Bertz CT molecular complexity index is 229. The van der Waals surface area contributed by atoms with Crippen molar-refractivity contribution in [2.45, 2.75) is 84.0 Å². The van der Waals surface area contributed by atoms with E-state index < -0.39 is 0 Å². The van der Waals surface area contributed by atoms with Gasteiger partial charge in [-0.1, -0.05) is 58.3 Å². The van der Waals surface area contributed by atoms with E-state index in [2.05, 4.69) is 31.2 Å². The molecule has 1 N–H and O–H groups in total. The van der Waals surface area contributed by atoms with Crippen LogP contribution in [0.5, 0.6) is 0 Å². The maximum Gasteiger partial charge on any atom is 0.219 e. The van der Waals surface area contributed by atoms with E-state index in [4.69, 9.17) is 0 Å². The lowest BCUT2D eigenvalue weighted by atomic mass is 10.1. The molecule has 0 spiro atoms. The van der Waals surface area contributed by atoms with Gasteiger partial charge >= 0.3 is 0 Å². The van der Waals surface area contributed by atoms with Gasteiger partial charge in [0.25, 0.3) is 0 Å². The zero-order valence-corrected chi connectivity index (χ0v) is 14.8. The van der Waals surface area contributed by atoms with Gasteiger partial charge in [-0.25, -0.2) is 0 Å². The van der Waals surface area contributed by atoms with Gasteiger partial charge in [-0.15, -0.1) is 0 Å². The van der Waals surface area contributed by atoms with Crippen molar-refractivity contribution in [2.75, 3.05) is 27.2 Å². The molecule has 0 rings (SSSR count). The Morgan fingerprint density at radius 1 is 0.810 bits per heavy atom. The number of carbonyl (C=O) groups is 1. The van der Waals surface area contributed by atoms with Crippen molar-refractivity contribution in [1.82, 2.24) is 10.2 Å². The Morgan fingerprint density at radius 2 is 1.38 bits per heavy atom. The molecule has 3 nitrogen and oxygen atoms in total. The fraction of sp³-hybridized carbons (Fsp3) is 0.944. The second kappa shape index (κ2) is 15.8. The number of amides is 1. The Morgan fingerprint density at radius 3 is 1.95 bits per heavy atom. The monoisotopic (exact) mass is 298 g/mol. The number of rotatable bonds is 15. The Hall–Kier alpha value is -0.570. The molecule has 0 fully saturated rings. The van der Waals surface area contributed by atoms with Crippen molar-refractivity contribution in [3.05, 3.63) is 0 Å². The first-order valence-corrected chi connectivity index (χ1v) is 9.08. The third-order valence-corrected chi connectivity index (χ3v) is 3.86. The van der Waals surface area contributed by atoms with Crippen LogP contribution in [0.25, 0.3) is 0 Å². The third-order valence-electron chi connectivity index (χ3n) is 3.86. The van der Waals surface area contributed by atoms with E-state index in [0.29, 0.717) is 6.42 Å². The Kier molecular flexibility index (Phi) is 15.4. The predicted molar refractivity (Wildman–Crippen MR) is 92.6 cm³/mol. The van der Waals surface area contributed by atoms with Crippen LogP contribution in [-0.4, -0.2) is 38.0 Å². The molecule has 1 amide bonds. The van der Waals surface area contributed by atoms with Crippen LogP contribution in [0.1, 0.15) is 84.0 Å². The maximum atomic E-state index is 11.6. The summed E-state index contributed by atoms with van der Waals surface area (Å²) in [6.07, 6.45) is 14.7. The third kappa shape index (κ3) is 17.4. The van der Waals surface area contributed by atoms with Crippen LogP contribution in [0, 0.1) is 0 Å². The molecule has 126 valence electrons. The number of carbonyl (C=O) groups excluding carboxylic acids is 1. The summed E-state index contributed by atoms with van der Waals surface area (Å²) < 4.78 is 0. The zero-order chi connectivity index (χ0) is 15.8. The molecule has 21 heavy (non-hydrogen) atoms. The molecular formula is C18H38N2O. The predicted octanol–water partition coefficient (Wildman–Crippen LogP) is 4.37. The van der Waals surface area contributed by atoms with Gasteiger partial charge in [-0.05, 0) is 39.9 Å². The Labute approximate surface area is 132 Å². The number of hydrogen-bond acceptors (Lipinski definition) is 2. The highest BCUT2D eigenvalue weighted by atomic mass is 16.1. The van der Waals surface area contributed by atoms with Crippen LogP contribution in [0.2, 0.25) is 0 Å². The summed E-state index contributed by atoms with van der Waals surface area (Å²) in [5.74, 6) is 0.239. The first-order chi connectivity index (χ1) is 10.2. The molecule has 0 bridgehead atoms. The minimum absolute atomic E-state index is 0.239. The first-order valence-electron chi connectivity index (χ1n) is 9.08. The summed E-state index contributed by atoms with van der Waals surface area (Å²) in [6.45, 7) is 4.20. The molecule has 0 heterocycles. The molecule has 0 radical (unpaired) electrons. The van der Waals surface area contributed by atoms with E-state index in [1.807, 2.05) is 0 Å². The highest BCUT2D eigenvalue weighted by Crippen LogP contribution is 2.10. The van der Waals surface area contributed by atoms with E-state index in [1.54, 1.807) is 0 Å². The lowest BCUT2D eigenvalue weighted by molar-refractivity contribution is -0.121. The van der Waals surface area contributed by atoms with Gasteiger partial charge in [0.15, 0.2) is 0 Å². The molecule has 0 aromatic heterocycles. The fourth-order valence-electron chi connectivity index (χ4n) is 2.47. The molecule has 0 aliphatic heterocycles. The number of unbranched alkanes of at least 4 members (excludes halogenated alkanes) is 9. The molecular weight excluding hydrogens is 260 g/mol. The van der Waals surface area contributed by atoms with E-state index in [-0.39, 0.29) is 5.91 Å². The van der Waals surface area contributed by atoms with E-state index >= 15 is 0 Å². The van der Waals surface area contributed by atoms with E-state index in [0.717, 1.165) is 32.4 Å². The number of nitrogens with one attached hydrogen (secondary N) is 1. The lowest BCUT2D eigenvalue weighted by Crippen LogP contribution is -2.24. The molecule has 0 saturated carbocycles. The minimum atomic E-state index is 0.239. The van der Waals surface area contributed by atoms with Crippen LogP contribution in [0.15, 0.2) is 0 Å². The van der Waals surface area contributed by atoms with Gasteiger partial charge in [0, 0.05) is 13.0 Å². The fourth-order valence-corrected chi connectivity index (χ4v) is 2.47. The molecule has 0 aliphatic rings. The van der Waals surface area contributed by atoms with Crippen molar-refractivity contribution in [3.8, 4) is 0 Å². The van der Waals surface area contributed by atoms with Crippen LogP contribution < -0.4 is 5.32 Å². The van der Waals surface area contributed by atoms with Crippen molar-refractivity contribution in [2.24, 2.45) is 0 Å². The number of nitrogens with zero attached hydrogens (tertiary/aromatic N) is 1. The van der Waals surface area contributed by atoms with Gasteiger partial charge in [0.2, 0.25) is 5.91 Å². The second-order valence-corrected chi connectivity index (χ2v) is 6.44. The largest absolute Gasteiger partial charge is 0.356 e. The van der Waals surface area contributed by atoms with Crippen molar-refractivity contribution in [3.63, 3.8) is 0 Å². The average molecular weight is 299 g/mol. The molecule has 0 aromatic rings. The van der Waals surface area contributed by atoms with Crippen LogP contribution in [0.4, 0.5) is 0 Å². The van der Waals surface area contributed by atoms with Gasteiger partial charge in [0.1, 0.15) is 0 Å². The highest BCUT2D eigenvalue weighted by Gasteiger charge is 2.00. The summed E-state index contributed by atoms with van der Waals surface area (Å²) in [5, 5.41) is 3.02. The SMILES string of the molecule is CCCCCCCCCCCC(=O)NCCCCN(C)C. The van der Waals surface area contributed by atoms with E-state index in [1.165, 1.54) is 51.4 Å². The van der Waals surface area contributed by atoms with Gasteiger partial charge in [-0.2, -0.15) is 0 Å². The normalized spacial score (nSPS) is 11.0. The molecule has 0 atom stereocenters. The average Bonchev–Trinajstić information content (AvgIpc) is 2.45. The van der Waals surface area contributed by atoms with Crippen LogP contribution in [-0.2, 0) is 4.79 Å². The zero-order valence-electron chi connectivity index (χ0n) is 14.8. The summed E-state index contributed by atoms with van der Waals surface area (Å²) >= 11 is 0. The van der Waals surface area contributed by atoms with Gasteiger partial charge < -0.3 is 10.2 Å². The van der Waals surface area contributed by atoms with Crippen molar-refractivity contribution >= 4 is 5.91 Å². The quantitative estimate of drug-likeness (QED) is 0.455. The summed E-state index contributed by atoms with van der Waals surface area (Å²) in [6, 6.07) is 0. The van der Waals surface area contributed by atoms with Crippen LogP contribution in [0.3, 0.4) is 0 Å². The van der Waals surface area contributed by atoms with Gasteiger partial charge in [0.05, 0.1) is 0 Å². The summed E-state index contributed by atoms with van der Waals surface area (Å²) in [4.78, 5) is 13.8. The van der Waals surface area contributed by atoms with E-state index in [9.17, 15) is 4.79 Å². The molecule has 0 aromatic carbocycles. The number of hydrogen-bond donors (Lipinski definition) is 1. The lowest BCUT2D eigenvalue weighted by Gasteiger charge is -2.09. The van der Waals surface area contributed by atoms with Crippen molar-refractivity contribution < 1.29 is 4.79 Å². The minimum Gasteiger partial charge on any atom is -0.356 e. The first kappa shape index (κ1) is 20.4. The second-order valence-electron chi connectivity index (χ2n) is 6.44. The Balaban J connectivity index is 3.16.